The molecule has 31 heavy (non-hydrogen) atoms. The first-order valence-electron chi connectivity index (χ1n) is 10.7. The monoisotopic (exact) mass is 445 g/mol. The van der Waals surface area contributed by atoms with Gasteiger partial charge >= 0.3 is 0 Å². The number of sulfonamides is 1. The number of morpholine rings is 1. The predicted molar refractivity (Wildman–Crippen MR) is 120 cm³/mol. The van der Waals surface area contributed by atoms with Crippen LogP contribution in [-0.4, -0.2) is 69.5 Å². The predicted octanol–water partition coefficient (Wildman–Crippen LogP) is 2.35. The van der Waals surface area contributed by atoms with Crippen molar-refractivity contribution >= 4 is 15.9 Å². The van der Waals surface area contributed by atoms with Crippen molar-refractivity contribution in [3.63, 3.8) is 0 Å². The lowest BCUT2D eigenvalue weighted by Crippen LogP contribution is -2.38. The van der Waals surface area contributed by atoms with Crippen LogP contribution in [-0.2, 0) is 21.3 Å². The molecule has 0 saturated carbocycles. The number of rotatable bonds is 10. The molecular weight excluding hydrogens is 414 g/mol. The molecule has 0 spiro atoms. The van der Waals surface area contributed by atoms with Crippen LogP contribution in [0.5, 0.6) is 0 Å². The van der Waals surface area contributed by atoms with Crippen LogP contribution >= 0.6 is 0 Å². The first-order valence-corrected chi connectivity index (χ1v) is 12.2. The number of nitrogens with one attached hydrogen (secondary N) is 1. The van der Waals surface area contributed by atoms with Gasteiger partial charge in [0.05, 0.1) is 18.1 Å². The molecule has 0 bridgehead atoms. The maximum Gasteiger partial charge on any atom is 0.251 e. The summed E-state index contributed by atoms with van der Waals surface area (Å²) in [6.07, 6.45) is 0.895. The highest BCUT2D eigenvalue weighted by molar-refractivity contribution is 7.89. The summed E-state index contributed by atoms with van der Waals surface area (Å²) < 4.78 is 32.5. The van der Waals surface area contributed by atoms with Crippen LogP contribution in [0.4, 0.5) is 0 Å². The quantitative estimate of drug-likeness (QED) is 0.568. The highest BCUT2D eigenvalue weighted by atomic mass is 32.2. The van der Waals surface area contributed by atoms with Crippen LogP contribution in [0.3, 0.4) is 0 Å². The standard InChI is InChI=1S/C23H31N3O4S/c1-2-26(31(28,29)22-7-4-3-5-8-22)19-20-9-11-21(12-10-20)23(27)24-13-6-14-25-15-17-30-18-16-25/h3-5,7-12H,2,6,13-19H2,1H3,(H,24,27). The molecule has 1 amide bonds. The van der Waals surface area contributed by atoms with Crippen molar-refractivity contribution in [2.45, 2.75) is 24.8 Å². The van der Waals surface area contributed by atoms with Crippen LogP contribution in [0, 0.1) is 0 Å². The van der Waals surface area contributed by atoms with Crippen LogP contribution in [0.2, 0.25) is 0 Å². The molecule has 0 radical (unpaired) electrons. The van der Waals surface area contributed by atoms with Crippen LogP contribution < -0.4 is 5.32 Å². The average molecular weight is 446 g/mol. The van der Waals surface area contributed by atoms with Gasteiger partial charge in [-0.25, -0.2) is 8.42 Å². The molecule has 1 aliphatic rings. The van der Waals surface area contributed by atoms with E-state index in [0.29, 0.717) is 18.7 Å². The van der Waals surface area contributed by atoms with Gasteiger partial charge in [-0.3, -0.25) is 9.69 Å². The second-order valence-electron chi connectivity index (χ2n) is 7.50. The van der Waals surface area contributed by atoms with Gasteiger partial charge in [0.15, 0.2) is 0 Å². The van der Waals surface area contributed by atoms with E-state index in [0.717, 1.165) is 44.8 Å². The van der Waals surface area contributed by atoms with Crippen LogP contribution in [0.1, 0.15) is 29.3 Å². The van der Waals surface area contributed by atoms with Gasteiger partial charge in [-0.2, -0.15) is 4.31 Å². The van der Waals surface area contributed by atoms with Crippen molar-refractivity contribution in [2.24, 2.45) is 0 Å². The van der Waals surface area contributed by atoms with Gasteiger partial charge in [-0.15, -0.1) is 0 Å². The Labute approximate surface area is 185 Å². The summed E-state index contributed by atoms with van der Waals surface area (Å²) in [4.78, 5) is 15.0. The maximum atomic E-state index is 12.9. The van der Waals surface area contributed by atoms with Gasteiger partial charge < -0.3 is 10.1 Å². The van der Waals surface area contributed by atoms with Crippen molar-refractivity contribution in [3.8, 4) is 0 Å². The minimum Gasteiger partial charge on any atom is -0.379 e. The lowest BCUT2D eigenvalue weighted by molar-refractivity contribution is 0.0374. The zero-order valence-corrected chi connectivity index (χ0v) is 18.8. The van der Waals surface area contributed by atoms with Crippen molar-refractivity contribution < 1.29 is 17.9 Å². The highest BCUT2D eigenvalue weighted by Crippen LogP contribution is 2.18. The van der Waals surface area contributed by atoms with Crippen molar-refractivity contribution in [3.05, 3.63) is 65.7 Å². The first kappa shape index (κ1) is 23.4. The van der Waals surface area contributed by atoms with E-state index in [1.807, 2.05) is 19.1 Å². The van der Waals surface area contributed by atoms with Crippen LogP contribution in [0.15, 0.2) is 59.5 Å². The molecule has 8 heteroatoms. The van der Waals surface area contributed by atoms with Gasteiger partial charge in [-0.05, 0) is 42.8 Å². The van der Waals surface area contributed by atoms with Crippen molar-refractivity contribution in [1.29, 1.82) is 0 Å². The number of amides is 1. The van der Waals surface area contributed by atoms with E-state index in [1.165, 1.54) is 4.31 Å². The number of benzene rings is 2. The molecular formula is C23H31N3O4S. The van der Waals surface area contributed by atoms with Crippen LogP contribution in [0.25, 0.3) is 0 Å². The Hall–Kier alpha value is -2.26. The first-order chi connectivity index (χ1) is 15.0. The summed E-state index contributed by atoms with van der Waals surface area (Å²) >= 11 is 0. The molecule has 0 unspecified atom stereocenters. The van der Waals surface area contributed by atoms with E-state index >= 15 is 0 Å². The molecule has 1 N–H and O–H groups in total. The number of carbonyl (C=O) groups is 1. The molecule has 2 aromatic carbocycles. The molecule has 0 atom stereocenters. The molecule has 2 aromatic rings. The lowest BCUT2D eigenvalue weighted by atomic mass is 10.1. The molecule has 3 rings (SSSR count). The molecule has 0 aliphatic carbocycles. The van der Waals surface area contributed by atoms with E-state index < -0.39 is 10.0 Å². The summed E-state index contributed by atoms with van der Waals surface area (Å²) in [7, 11) is -3.56. The highest BCUT2D eigenvalue weighted by Gasteiger charge is 2.23. The van der Waals surface area contributed by atoms with E-state index in [9.17, 15) is 13.2 Å². The zero-order chi connectivity index (χ0) is 22.1. The average Bonchev–Trinajstić information content (AvgIpc) is 2.81. The fourth-order valence-corrected chi connectivity index (χ4v) is 4.96. The third-order valence-corrected chi connectivity index (χ3v) is 7.28. The Morgan fingerprint density at radius 2 is 1.74 bits per heavy atom. The van der Waals surface area contributed by atoms with Gasteiger partial charge in [0.1, 0.15) is 0 Å². The Morgan fingerprint density at radius 3 is 2.39 bits per heavy atom. The van der Waals surface area contributed by atoms with Gasteiger partial charge in [0, 0.05) is 38.3 Å². The third-order valence-electron chi connectivity index (χ3n) is 5.35. The molecule has 1 fully saturated rings. The SMILES string of the molecule is CCN(Cc1ccc(C(=O)NCCCN2CCOCC2)cc1)S(=O)(=O)c1ccccc1. The van der Waals surface area contributed by atoms with Gasteiger partial charge in [0.25, 0.3) is 5.91 Å². The minimum absolute atomic E-state index is 0.113. The number of carbonyl (C=O) groups excluding carboxylic acids is 1. The second-order valence-corrected chi connectivity index (χ2v) is 9.44. The number of ether oxygens (including phenoxy) is 1. The molecule has 1 heterocycles. The van der Waals surface area contributed by atoms with E-state index in [1.54, 1.807) is 42.5 Å². The van der Waals surface area contributed by atoms with Crippen molar-refractivity contribution in [2.75, 3.05) is 45.9 Å². The second kappa shape index (κ2) is 11.4. The largest absolute Gasteiger partial charge is 0.379 e. The Bertz CT molecular complexity index is 927. The number of hydrogen-bond donors (Lipinski definition) is 1. The number of hydrogen-bond acceptors (Lipinski definition) is 5. The smallest absolute Gasteiger partial charge is 0.251 e. The number of nitrogens with zero attached hydrogens (tertiary/aromatic N) is 2. The summed E-state index contributed by atoms with van der Waals surface area (Å²) in [5, 5.41) is 2.95. The van der Waals surface area contributed by atoms with Crippen molar-refractivity contribution in [1.82, 2.24) is 14.5 Å². The zero-order valence-electron chi connectivity index (χ0n) is 18.0. The molecule has 0 aromatic heterocycles. The van der Waals surface area contributed by atoms with E-state index in [-0.39, 0.29) is 17.3 Å². The summed E-state index contributed by atoms with van der Waals surface area (Å²) in [6, 6.07) is 15.5. The molecule has 1 aliphatic heterocycles. The lowest BCUT2D eigenvalue weighted by Gasteiger charge is -2.26. The topological polar surface area (TPSA) is 79.0 Å². The maximum absolute atomic E-state index is 12.9. The fraction of sp³-hybridized carbons (Fsp3) is 0.435. The molecule has 7 nitrogen and oxygen atoms in total. The van der Waals surface area contributed by atoms with E-state index in [2.05, 4.69) is 10.2 Å². The normalized spacial score (nSPS) is 15.2. The Balaban J connectivity index is 1.51. The Morgan fingerprint density at radius 1 is 1.06 bits per heavy atom. The van der Waals surface area contributed by atoms with E-state index in [4.69, 9.17) is 4.74 Å². The summed E-state index contributed by atoms with van der Waals surface area (Å²) in [5.41, 5.74) is 1.41. The summed E-state index contributed by atoms with van der Waals surface area (Å²) in [6.45, 7) is 7.47. The van der Waals surface area contributed by atoms with Gasteiger partial charge in [-0.1, -0.05) is 37.3 Å². The fourth-order valence-electron chi connectivity index (χ4n) is 3.50. The third kappa shape index (κ3) is 6.61. The Kier molecular flexibility index (Phi) is 8.60. The molecule has 1 saturated heterocycles. The molecule has 168 valence electrons. The summed E-state index contributed by atoms with van der Waals surface area (Å²) in [5.74, 6) is -0.113. The van der Waals surface area contributed by atoms with Gasteiger partial charge in [0.2, 0.25) is 10.0 Å². The minimum atomic E-state index is -3.56.